The minimum absolute atomic E-state index is 0.101. The van der Waals surface area contributed by atoms with Crippen molar-refractivity contribution in [2.75, 3.05) is 5.32 Å². The number of carboxylic acid groups (broad SMARTS) is 1. The molecule has 2 heterocycles. The molecule has 0 aromatic heterocycles. The number of carboxylic acids is 1. The maximum atomic E-state index is 15.3. The Labute approximate surface area is 188 Å². The summed E-state index contributed by atoms with van der Waals surface area (Å²) >= 11 is 12.3. The first kappa shape index (κ1) is 20.7. The lowest BCUT2D eigenvalue weighted by Gasteiger charge is -2.47. The van der Waals surface area contributed by atoms with Crippen LogP contribution in [0.25, 0.3) is 0 Å². The fraction of sp³-hybridized carbons (Fsp3) is 0.391. The first-order valence-corrected chi connectivity index (χ1v) is 11.1. The number of amides is 1. The number of benzene rings is 2. The van der Waals surface area contributed by atoms with E-state index in [1.807, 2.05) is 0 Å². The second-order valence-corrected chi connectivity index (χ2v) is 9.52. The number of aliphatic carboxylic acids is 1. The van der Waals surface area contributed by atoms with Gasteiger partial charge in [-0.05, 0) is 42.2 Å². The predicted molar refractivity (Wildman–Crippen MR) is 116 cm³/mol. The minimum atomic E-state index is -1.30. The van der Waals surface area contributed by atoms with Crippen LogP contribution in [-0.4, -0.2) is 28.6 Å². The van der Waals surface area contributed by atoms with E-state index in [0.717, 1.165) is 19.3 Å². The van der Waals surface area contributed by atoms with Crippen molar-refractivity contribution in [3.8, 4) is 0 Å². The SMILES string of the molecule is O=C(O)[C@@H]1NC2(CCCCC2)[C@@]2(C(=O)Nc3cc(Cl)ccc32)[C@H]1c1cccc(Cl)c1F. The third-order valence-electron chi connectivity index (χ3n) is 7.29. The monoisotopic (exact) mass is 462 g/mol. The molecule has 5 nitrogen and oxygen atoms in total. The Kier molecular flexibility index (Phi) is 4.81. The van der Waals surface area contributed by atoms with Gasteiger partial charge in [0, 0.05) is 22.2 Å². The zero-order valence-corrected chi connectivity index (χ0v) is 18.1. The maximum Gasteiger partial charge on any atom is 0.321 e. The van der Waals surface area contributed by atoms with E-state index in [2.05, 4.69) is 10.6 Å². The molecule has 0 radical (unpaired) electrons. The third-order valence-corrected chi connectivity index (χ3v) is 7.82. The number of hydrogen-bond acceptors (Lipinski definition) is 3. The highest BCUT2D eigenvalue weighted by molar-refractivity contribution is 6.31. The van der Waals surface area contributed by atoms with Crippen LogP contribution in [0.4, 0.5) is 10.1 Å². The van der Waals surface area contributed by atoms with E-state index in [-0.39, 0.29) is 16.5 Å². The summed E-state index contributed by atoms with van der Waals surface area (Å²) in [5.41, 5.74) is -0.793. The molecule has 8 heteroatoms. The number of carbonyl (C=O) groups is 2. The first-order chi connectivity index (χ1) is 14.8. The Morgan fingerprint density at radius 1 is 1.13 bits per heavy atom. The van der Waals surface area contributed by atoms with Crippen LogP contribution < -0.4 is 10.6 Å². The molecule has 3 aliphatic rings. The molecule has 3 atom stereocenters. The van der Waals surface area contributed by atoms with Gasteiger partial charge in [-0.1, -0.05) is 60.7 Å². The third kappa shape index (κ3) is 2.71. The molecule has 2 spiro atoms. The average molecular weight is 463 g/mol. The van der Waals surface area contributed by atoms with Crippen LogP contribution in [0.3, 0.4) is 0 Å². The minimum Gasteiger partial charge on any atom is -0.480 e. The molecule has 2 aromatic rings. The molecule has 5 rings (SSSR count). The van der Waals surface area contributed by atoms with Crippen LogP contribution >= 0.6 is 23.2 Å². The highest BCUT2D eigenvalue weighted by Crippen LogP contribution is 2.62. The standard InChI is InChI=1S/C23H21Cl2FN2O3/c24-12-7-8-14-16(11-12)27-21(31)23(14)17(13-5-4-6-15(25)18(13)26)19(20(29)30)28-22(23)9-2-1-3-10-22/h4-8,11,17,19,28H,1-3,9-10H2,(H,27,31)(H,29,30)/t17-,19+,23+/m0/s1. The van der Waals surface area contributed by atoms with Crippen LogP contribution in [0, 0.1) is 5.82 Å². The number of halogens is 3. The van der Waals surface area contributed by atoms with Crippen molar-refractivity contribution in [1.29, 1.82) is 0 Å². The van der Waals surface area contributed by atoms with Crippen LogP contribution in [0.15, 0.2) is 36.4 Å². The van der Waals surface area contributed by atoms with Gasteiger partial charge in [0.15, 0.2) is 0 Å². The quantitative estimate of drug-likeness (QED) is 0.594. The van der Waals surface area contributed by atoms with Crippen molar-refractivity contribution in [1.82, 2.24) is 5.32 Å². The molecule has 0 bridgehead atoms. The Morgan fingerprint density at radius 2 is 1.87 bits per heavy atom. The van der Waals surface area contributed by atoms with Crippen molar-refractivity contribution in [3.05, 3.63) is 63.4 Å². The van der Waals surface area contributed by atoms with E-state index in [9.17, 15) is 14.7 Å². The fourth-order valence-corrected chi connectivity index (χ4v) is 6.56. The number of hydrogen-bond donors (Lipinski definition) is 3. The Balaban J connectivity index is 1.86. The number of carbonyl (C=O) groups excluding carboxylic acids is 1. The van der Waals surface area contributed by atoms with Gasteiger partial charge in [-0.3, -0.25) is 14.9 Å². The molecular formula is C23H21Cl2FN2O3. The van der Waals surface area contributed by atoms with Gasteiger partial charge in [0.1, 0.15) is 17.3 Å². The van der Waals surface area contributed by atoms with Crippen molar-refractivity contribution >= 4 is 40.8 Å². The highest BCUT2D eigenvalue weighted by atomic mass is 35.5. The second-order valence-electron chi connectivity index (χ2n) is 8.68. The lowest BCUT2D eigenvalue weighted by atomic mass is 9.55. The van der Waals surface area contributed by atoms with Crippen LogP contribution in [-0.2, 0) is 15.0 Å². The van der Waals surface area contributed by atoms with E-state index in [1.165, 1.54) is 12.1 Å². The first-order valence-electron chi connectivity index (χ1n) is 10.4. The summed E-state index contributed by atoms with van der Waals surface area (Å²) in [5, 5.41) is 16.8. The van der Waals surface area contributed by atoms with Gasteiger partial charge in [-0.25, -0.2) is 4.39 Å². The van der Waals surface area contributed by atoms with E-state index < -0.39 is 34.7 Å². The molecule has 1 saturated heterocycles. The smallest absolute Gasteiger partial charge is 0.321 e. The zero-order chi connectivity index (χ0) is 22.0. The largest absolute Gasteiger partial charge is 0.480 e. The van der Waals surface area contributed by atoms with Gasteiger partial charge in [0.2, 0.25) is 5.91 Å². The molecular weight excluding hydrogens is 442 g/mol. The molecule has 1 aliphatic carbocycles. The fourth-order valence-electron chi connectivity index (χ4n) is 6.21. The second kappa shape index (κ2) is 7.19. The van der Waals surface area contributed by atoms with Crippen molar-refractivity contribution < 1.29 is 19.1 Å². The molecule has 2 aliphatic heterocycles. The van der Waals surface area contributed by atoms with E-state index >= 15 is 4.39 Å². The van der Waals surface area contributed by atoms with E-state index in [1.54, 1.807) is 24.3 Å². The lowest BCUT2D eigenvalue weighted by Crippen LogP contribution is -2.60. The van der Waals surface area contributed by atoms with Crippen molar-refractivity contribution in [2.45, 2.75) is 55.0 Å². The average Bonchev–Trinajstić information content (AvgIpc) is 3.18. The van der Waals surface area contributed by atoms with E-state index in [0.29, 0.717) is 29.1 Å². The van der Waals surface area contributed by atoms with Gasteiger partial charge in [0.05, 0.1) is 5.02 Å². The Morgan fingerprint density at radius 3 is 2.58 bits per heavy atom. The molecule has 0 unspecified atom stereocenters. The number of rotatable bonds is 2. The van der Waals surface area contributed by atoms with E-state index in [4.69, 9.17) is 23.2 Å². The molecule has 2 aromatic carbocycles. The Bertz CT molecular complexity index is 1100. The summed E-state index contributed by atoms with van der Waals surface area (Å²) in [7, 11) is 0. The van der Waals surface area contributed by atoms with Gasteiger partial charge >= 0.3 is 5.97 Å². The summed E-state index contributed by atoms with van der Waals surface area (Å²) < 4.78 is 15.3. The normalized spacial score (nSPS) is 28.7. The molecule has 1 amide bonds. The summed E-state index contributed by atoms with van der Waals surface area (Å²) in [4.78, 5) is 26.3. The number of anilines is 1. The Hall–Kier alpha value is -2.15. The molecule has 162 valence electrons. The molecule has 1 saturated carbocycles. The maximum absolute atomic E-state index is 15.3. The predicted octanol–water partition coefficient (Wildman–Crippen LogP) is 4.87. The summed E-state index contributed by atoms with van der Waals surface area (Å²) in [6.07, 6.45) is 3.93. The summed E-state index contributed by atoms with van der Waals surface area (Å²) in [6.45, 7) is 0. The number of nitrogens with one attached hydrogen (secondary N) is 2. The summed E-state index contributed by atoms with van der Waals surface area (Å²) in [5.74, 6) is -3.12. The lowest BCUT2D eigenvalue weighted by molar-refractivity contribution is -0.139. The van der Waals surface area contributed by atoms with Gasteiger partial charge in [0.25, 0.3) is 0 Å². The van der Waals surface area contributed by atoms with Crippen LogP contribution in [0.5, 0.6) is 0 Å². The molecule has 3 N–H and O–H groups in total. The zero-order valence-electron chi connectivity index (χ0n) is 16.6. The summed E-state index contributed by atoms with van der Waals surface area (Å²) in [6, 6.07) is 8.52. The van der Waals surface area contributed by atoms with Gasteiger partial charge in [-0.15, -0.1) is 0 Å². The molecule has 31 heavy (non-hydrogen) atoms. The highest BCUT2D eigenvalue weighted by Gasteiger charge is 2.72. The topological polar surface area (TPSA) is 78.4 Å². The van der Waals surface area contributed by atoms with Crippen molar-refractivity contribution in [2.24, 2.45) is 0 Å². The van der Waals surface area contributed by atoms with Crippen LogP contribution in [0.2, 0.25) is 10.0 Å². The van der Waals surface area contributed by atoms with Crippen LogP contribution in [0.1, 0.15) is 49.1 Å². The molecule has 2 fully saturated rings. The van der Waals surface area contributed by atoms with Gasteiger partial charge in [-0.2, -0.15) is 0 Å². The van der Waals surface area contributed by atoms with Crippen molar-refractivity contribution in [3.63, 3.8) is 0 Å². The number of fused-ring (bicyclic) bond motifs is 3. The van der Waals surface area contributed by atoms with Gasteiger partial charge < -0.3 is 10.4 Å².